The lowest BCUT2D eigenvalue weighted by atomic mass is 9.89. The van der Waals surface area contributed by atoms with Crippen molar-refractivity contribution in [2.45, 2.75) is 37.5 Å². The molecule has 5 heteroatoms. The standard InChI is InChI=1S/C11H20N2O3/c1-11(6-12-7-11)16-5-10(14)13-8-3-9(4-8)15-2/h8-9,12H,3-7H2,1-2H3,(H,13,14). The number of amides is 1. The van der Waals surface area contributed by atoms with Crippen LogP contribution in [0.15, 0.2) is 0 Å². The van der Waals surface area contributed by atoms with Gasteiger partial charge >= 0.3 is 0 Å². The maximum atomic E-state index is 11.5. The molecule has 0 spiro atoms. The van der Waals surface area contributed by atoms with Crippen LogP contribution in [0.4, 0.5) is 0 Å². The number of nitrogens with one attached hydrogen (secondary N) is 2. The first-order valence-electron chi connectivity index (χ1n) is 5.78. The van der Waals surface area contributed by atoms with Gasteiger partial charge in [-0.25, -0.2) is 0 Å². The Balaban J connectivity index is 1.58. The van der Waals surface area contributed by atoms with E-state index in [1.165, 1.54) is 0 Å². The number of carbonyl (C=O) groups excluding carboxylic acids is 1. The van der Waals surface area contributed by atoms with Crippen molar-refractivity contribution in [3.05, 3.63) is 0 Å². The van der Waals surface area contributed by atoms with E-state index in [0.717, 1.165) is 25.9 Å². The van der Waals surface area contributed by atoms with Crippen molar-refractivity contribution in [2.24, 2.45) is 0 Å². The van der Waals surface area contributed by atoms with Gasteiger partial charge in [0.05, 0.1) is 11.7 Å². The lowest BCUT2D eigenvalue weighted by molar-refractivity contribution is -0.138. The maximum absolute atomic E-state index is 11.5. The van der Waals surface area contributed by atoms with E-state index in [9.17, 15) is 4.79 Å². The van der Waals surface area contributed by atoms with Crippen molar-refractivity contribution in [1.82, 2.24) is 10.6 Å². The van der Waals surface area contributed by atoms with Crippen molar-refractivity contribution in [1.29, 1.82) is 0 Å². The largest absolute Gasteiger partial charge is 0.381 e. The summed E-state index contributed by atoms with van der Waals surface area (Å²) in [6.07, 6.45) is 2.15. The first-order chi connectivity index (χ1) is 7.61. The zero-order valence-corrected chi connectivity index (χ0v) is 9.91. The number of hydrogen-bond acceptors (Lipinski definition) is 4. The van der Waals surface area contributed by atoms with Gasteiger partial charge in [-0.1, -0.05) is 0 Å². The Hall–Kier alpha value is -0.650. The molecule has 0 bridgehead atoms. The first-order valence-corrected chi connectivity index (χ1v) is 5.78. The first kappa shape index (κ1) is 11.8. The molecule has 16 heavy (non-hydrogen) atoms. The minimum atomic E-state index is -0.147. The van der Waals surface area contributed by atoms with E-state index in [4.69, 9.17) is 9.47 Å². The molecule has 2 fully saturated rings. The van der Waals surface area contributed by atoms with Crippen LogP contribution in [-0.4, -0.2) is 50.5 Å². The number of methoxy groups -OCH3 is 1. The molecule has 1 saturated carbocycles. The fourth-order valence-electron chi connectivity index (χ4n) is 1.96. The monoisotopic (exact) mass is 228 g/mol. The lowest BCUT2D eigenvalue weighted by Crippen LogP contribution is -2.60. The second-order valence-electron chi connectivity index (χ2n) is 4.94. The van der Waals surface area contributed by atoms with Gasteiger partial charge in [-0.2, -0.15) is 0 Å². The van der Waals surface area contributed by atoms with Crippen LogP contribution in [-0.2, 0) is 14.3 Å². The molecule has 1 amide bonds. The maximum Gasteiger partial charge on any atom is 0.246 e. The van der Waals surface area contributed by atoms with Crippen molar-refractivity contribution >= 4 is 5.91 Å². The summed E-state index contributed by atoms with van der Waals surface area (Å²) in [5.41, 5.74) is -0.147. The van der Waals surface area contributed by atoms with Gasteiger partial charge in [0.1, 0.15) is 6.61 Å². The lowest BCUT2D eigenvalue weighted by Gasteiger charge is -2.39. The highest BCUT2D eigenvalue weighted by molar-refractivity contribution is 5.77. The van der Waals surface area contributed by atoms with Gasteiger partial charge in [0.15, 0.2) is 0 Å². The van der Waals surface area contributed by atoms with Crippen LogP contribution in [0.2, 0.25) is 0 Å². The van der Waals surface area contributed by atoms with Crippen molar-refractivity contribution in [3.63, 3.8) is 0 Å². The van der Waals surface area contributed by atoms with Gasteiger partial charge in [-0.05, 0) is 19.8 Å². The fourth-order valence-corrected chi connectivity index (χ4v) is 1.96. The summed E-state index contributed by atoms with van der Waals surface area (Å²) >= 11 is 0. The van der Waals surface area contributed by atoms with Crippen LogP contribution in [0.1, 0.15) is 19.8 Å². The Morgan fingerprint density at radius 3 is 2.69 bits per heavy atom. The van der Waals surface area contributed by atoms with Crippen LogP contribution >= 0.6 is 0 Å². The van der Waals surface area contributed by atoms with Gasteiger partial charge in [0, 0.05) is 26.2 Å². The molecule has 2 N–H and O–H groups in total. The molecule has 5 nitrogen and oxygen atoms in total. The average molecular weight is 228 g/mol. The number of carbonyl (C=O) groups is 1. The van der Waals surface area contributed by atoms with Gasteiger partial charge in [0.25, 0.3) is 0 Å². The quantitative estimate of drug-likeness (QED) is 0.676. The van der Waals surface area contributed by atoms with Gasteiger partial charge in [-0.3, -0.25) is 4.79 Å². The minimum Gasteiger partial charge on any atom is -0.381 e. The van der Waals surface area contributed by atoms with Crippen molar-refractivity contribution in [3.8, 4) is 0 Å². The van der Waals surface area contributed by atoms with E-state index in [-0.39, 0.29) is 24.2 Å². The molecule has 92 valence electrons. The Morgan fingerprint density at radius 2 is 2.19 bits per heavy atom. The summed E-state index contributed by atoms with van der Waals surface area (Å²) in [5, 5.41) is 6.07. The summed E-state index contributed by atoms with van der Waals surface area (Å²) in [6.45, 7) is 3.83. The summed E-state index contributed by atoms with van der Waals surface area (Å²) in [6, 6.07) is 0.272. The fraction of sp³-hybridized carbons (Fsp3) is 0.909. The molecule has 0 unspecified atom stereocenters. The Kier molecular flexibility index (Phi) is 3.47. The van der Waals surface area contributed by atoms with Gasteiger partial charge in [-0.15, -0.1) is 0 Å². The molecule has 2 rings (SSSR count). The summed E-state index contributed by atoms with van der Waals surface area (Å²) in [4.78, 5) is 11.5. The minimum absolute atomic E-state index is 0.0207. The number of rotatable bonds is 5. The van der Waals surface area contributed by atoms with E-state index in [0.29, 0.717) is 6.10 Å². The molecule has 0 aromatic rings. The highest BCUT2D eigenvalue weighted by Gasteiger charge is 2.34. The van der Waals surface area contributed by atoms with Gasteiger partial charge < -0.3 is 20.1 Å². The molecule has 0 atom stereocenters. The zero-order chi connectivity index (χ0) is 11.6. The van der Waals surface area contributed by atoms with E-state index < -0.39 is 0 Å². The third kappa shape index (κ3) is 2.72. The van der Waals surface area contributed by atoms with Crippen LogP contribution in [0, 0.1) is 0 Å². The number of ether oxygens (including phenoxy) is 2. The average Bonchev–Trinajstić information content (AvgIpc) is 2.17. The summed E-state index contributed by atoms with van der Waals surface area (Å²) in [7, 11) is 1.70. The topological polar surface area (TPSA) is 59.6 Å². The normalized spacial score (nSPS) is 31.4. The molecule has 1 heterocycles. The molecular weight excluding hydrogens is 208 g/mol. The number of hydrogen-bond donors (Lipinski definition) is 2. The second kappa shape index (κ2) is 4.69. The second-order valence-corrected chi connectivity index (χ2v) is 4.94. The molecular formula is C11H20N2O3. The predicted octanol–water partition coefficient (Wildman–Crippen LogP) is -0.341. The molecule has 1 aliphatic heterocycles. The third-order valence-electron chi connectivity index (χ3n) is 3.34. The molecule has 2 aliphatic rings. The zero-order valence-electron chi connectivity index (χ0n) is 9.91. The van der Waals surface area contributed by atoms with E-state index in [1.54, 1.807) is 7.11 Å². The predicted molar refractivity (Wildman–Crippen MR) is 59.2 cm³/mol. The Morgan fingerprint density at radius 1 is 1.50 bits per heavy atom. The SMILES string of the molecule is COC1CC(NC(=O)COC2(C)CNC2)C1. The van der Waals surface area contributed by atoms with E-state index in [2.05, 4.69) is 10.6 Å². The van der Waals surface area contributed by atoms with Crippen LogP contribution in [0.5, 0.6) is 0 Å². The summed E-state index contributed by atoms with van der Waals surface area (Å²) in [5.74, 6) is -0.0207. The Bertz CT molecular complexity index is 260. The van der Waals surface area contributed by atoms with Crippen molar-refractivity contribution in [2.75, 3.05) is 26.8 Å². The summed E-state index contributed by atoms with van der Waals surface area (Å²) < 4.78 is 10.7. The molecule has 0 aromatic heterocycles. The van der Waals surface area contributed by atoms with Crippen LogP contribution < -0.4 is 10.6 Å². The highest BCUT2D eigenvalue weighted by Crippen LogP contribution is 2.22. The molecule has 1 saturated heterocycles. The van der Waals surface area contributed by atoms with Crippen molar-refractivity contribution < 1.29 is 14.3 Å². The van der Waals surface area contributed by atoms with E-state index >= 15 is 0 Å². The molecule has 0 aromatic carbocycles. The van der Waals surface area contributed by atoms with E-state index in [1.807, 2.05) is 6.92 Å². The highest BCUT2D eigenvalue weighted by atomic mass is 16.5. The molecule has 0 radical (unpaired) electrons. The molecule has 1 aliphatic carbocycles. The smallest absolute Gasteiger partial charge is 0.246 e. The van der Waals surface area contributed by atoms with Gasteiger partial charge in [0.2, 0.25) is 5.91 Å². The van der Waals surface area contributed by atoms with Crippen LogP contribution in [0.25, 0.3) is 0 Å². The third-order valence-corrected chi connectivity index (χ3v) is 3.34. The van der Waals surface area contributed by atoms with Crippen LogP contribution in [0.3, 0.4) is 0 Å². The Labute approximate surface area is 95.9 Å².